The van der Waals surface area contributed by atoms with Crippen molar-refractivity contribution in [2.24, 2.45) is 0 Å². The van der Waals surface area contributed by atoms with Crippen molar-refractivity contribution in [2.75, 3.05) is 26.8 Å². The van der Waals surface area contributed by atoms with Crippen molar-refractivity contribution in [3.05, 3.63) is 0 Å². The fourth-order valence-corrected chi connectivity index (χ4v) is 1.19. The fraction of sp³-hybridized carbons (Fsp3) is 1.00. The molecule has 13 heavy (non-hydrogen) atoms. The molecular formula is C10H22ClNO. The van der Waals surface area contributed by atoms with Crippen LogP contribution < -0.4 is 5.32 Å². The Kier molecular flexibility index (Phi) is 10.5. The molecule has 1 N–H and O–H groups in total. The highest BCUT2D eigenvalue weighted by atomic mass is 35.5. The summed E-state index contributed by atoms with van der Waals surface area (Å²) >= 11 is 5.97. The molecule has 0 fully saturated rings. The number of hydrogen-bond acceptors (Lipinski definition) is 2. The number of ether oxygens (including phenoxy) is 1. The Bertz CT molecular complexity index is 101. The SMILES string of the molecule is CCC(Cl)CCNCCCCOC. The van der Waals surface area contributed by atoms with E-state index in [9.17, 15) is 0 Å². The second-order valence-corrected chi connectivity index (χ2v) is 3.86. The van der Waals surface area contributed by atoms with Crippen molar-refractivity contribution in [1.82, 2.24) is 5.32 Å². The normalized spacial score (nSPS) is 13.2. The maximum absolute atomic E-state index is 5.97. The fourth-order valence-electron chi connectivity index (χ4n) is 1.08. The zero-order valence-electron chi connectivity index (χ0n) is 8.81. The van der Waals surface area contributed by atoms with E-state index in [4.69, 9.17) is 16.3 Å². The number of rotatable bonds is 9. The summed E-state index contributed by atoms with van der Waals surface area (Å²) in [6, 6.07) is 0. The van der Waals surface area contributed by atoms with Crippen LogP contribution in [0, 0.1) is 0 Å². The second-order valence-electron chi connectivity index (χ2n) is 3.24. The van der Waals surface area contributed by atoms with E-state index in [1.807, 2.05) is 0 Å². The maximum Gasteiger partial charge on any atom is 0.0462 e. The van der Waals surface area contributed by atoms with E-state index in [0.717, 1.165) is 39.0 Å². The molecule has 1 atom stereocenters. The van der Waals surface area contributed by atoms with Crippen molar-refractivity contribution in [1.29, 1.82) is 0 Å². The molecule has 0 radical (unpaired) electrons. The Morgan fingerprint density at radius 1 is 1.31 bits per heavy atom. The molecule has 0 saturated carbocycles. The number of unbranched alkanes of at least 4 members (excludes halogenated alkanes) is 1. The topological polar surface area (TPSA) is 21.3 Å². The highest BCUT2D eigenvalue weighted by Gasteiger charge is 1.99. The third kappa shape index (κ3) is 10.1. The molecule has 0 amide bonds. The molecule has 2 nitrogen and oxygen atoms in total. The van der Waals surface area contributed by atoms with Gasteiger partial charge < -0.3 is 10.1 Å². The van der Waals surface area contributed by atoms with Crippen LogP contribution in [0.2, 0.25) is 0 Å². The molecule has 0 saturated heterocycles. The minimum atomic E-state index is 0.339. The van der Waals surface area contributed by atoms with E-state index in [-0.39, 0.29) is 0 Å². The molecule has 3 heteroatoms. The average Bonchev–Trinajstić information content (AvgIpc) is 2.16. The van der Waals surface area contributed by atoms with Crippen molar-refractivity contribution in [3.8, 4) is 0 Å². The van der Waals surface area contributed by atoms with Crippen LogP contribution in [0.3, 0.4) is 0 Å². The summed E-state index contributed by atoms with van der Waals surface area (Å²) < 4.78 is 4.96. The summed E-state index contributed by atoms with van der Waals surface area (Å²) in [5.41, 5.74) is 0. The van der Waals surface area contributed by atoms with E-state index in [1.54, 1.807) is 7.11 Å². The molecule has 0 spiro atoms. The van der Waals surface area contributed by atoms with Gasteiger partial charge >= 0.3 is 0 Å². The lowest BCUT2D eigenvalue weighted by molar-refractivity contribution is 0.192. The van der Waals surface area contributed by atoms with Gasteiger partial charge in [-0.05, 0) is 38.8 Å². The lowest BCUT2D eigenvalue weighted by Crippen LogP contribution is -2.19. The lowest BCUT2D eigenvalue weighted by atomic mass is 10.2. The minimum Gasteiger partial charge on any atom is -0.385 e. The van der Waals surface area contributed by atoms with Gasteiger partial charge in [0.15, 0.2) is 0 Å². The van der Waals surface area contributed by atoms with Gasteiger partial charge in [-0.15, -0.1) is 11.6 Å². The second kappa shape index (κ2) is 10.3. The highest BCUT2D eigenvalue weighted by molar-refractivity contribution is 6.20. The van der Waals surface area contributed by atoms with Gasteiger partial charge in [0.1, 0.15) is 0 Å². The molecular weight excluding hydrogens is 186 g/mol. The predicted octanol–water partition coefficient (Wildman–Crippen LogP) is 2.41. The van der Waals surface area contributed by atoms with E-state index in [1.165, 1.54) is 6.42 Å². The molecule has 0 bridgehead atoms. The van der Waals surface area contributed by atoms with Crippen LogP contribution >= 0.6 is 11.6 Å². The predicted molar refractivity (Wildman–Crippen MR) is 58.5 cm³/mol. The van der Waals surface area contributed by atoms with Crippen molar-refractivity contribution in [3.63, 3.8) is 0 Å². The summed E-state index contributed by atoms with van der Waals surface area (Å²) in [5.74, 6) is 0. The third-order valence-electron chi connectivity index (χ3n) is 2.03. The first-order chi connectivity index (χ1) is 6.31. The van der Waals surface area contributed by atoms with E-state index < -0.39 is 0 Å². The highest BCUT2D eigenvalue weighted by Crippen LogP contribution is 2.04. The minimum absolute atomic E-state index is 0.339. The zero-order valence-corrected chi connectivity index (χ0v) is 9.57. The zero-order chi connectivity index (χ0) is 9.94. The monoisotopic (exact) mass is 207 g/mol. The lowest BCUT2D eigenvalue weighted by Gasteiger charge is -2.07. The number of nitrogens with one attached hydrogen (secondary N) is 1. The number of methoxy groups -OCH3 is 1. The average molecular weight is 208 g/mol. The molecule has 0 aliphatic heterocycles. The standard InChI is InChI=1S/C10H22ClNO/c1-3-10(11)6-8-12-7-4-5-9-13-2/h10,12H,3-9H2,1-2H3. The Morgan fingerprint density at radius 2 is 2.08 bits per heavy atom. The van der Waals surface area contributed by atoms with Crippen LogP contribution in [0.15, 0.2) is 0 Å². The van der Waals surface area contributed by atoms with Gasteiger partial charge in [0, 0.05) is 19.1 Å². The molecule has 0 aliphatic carbocycles. The number of alkyl halides is 1. The van der Waals surface area contributed by atoms with Gasteiger partial charge in [-0.25, -0.2) is 0 Å². The summed E-state index contributed by atoms with van der Waals surface area (Å²) in [6.45, 7) is 5.11. The Labute approximate surface area is 87.0 Å². The molecule has 0 aromatic carbocycles. The summed E-state index contributed by atoms with van der Waals surface area (Å²) in [5, 5.41) is 3.71. The van der Waals surface area contributed by atoms with Crippen molar-refractivity contribution in [2.45, 2.75) is 38.0 Å². The van der Waals surface area contributed by atoms with Gasteiger partial charge in [0.25, 0.3) is 0 Å². The summed E-state index contributed by atoms with van der Waals surface area (Å²) in [7, 11) is 1.74. The molecule has 1 unspecified atom stereocenters. The van der Waals surface area contributed by atoms with Gasteiger partial charge in [0.2, 0.25) is 0 Å². The Morgan fingerprint density at radius 3 is 2.69 bits per heavy atom. The molecule has 0 aromatic rings. The largest absolute Gasteiger partial charge is 0.385 e. The quantitative estimate of drug-likeness (QED) is 0.463. The Balaban J connectivity index is 2.91. The molecule has 80 valence electrons. The smallest absolute Gasteiger partial charge is 0.0462 e. The first kappa shape index (κ1) is 13.2. The molecule has 0 rings (SSSR count). The van der Waals surface area contributed by atoms with Gasteiger partial charge in [0.05, 0.1) is 0 Å². The van der Waals surface area contributed by atoms with Crippen LogP contribution in [0.5, 0.6) is 0 Å². The summed E-state index contributed by atoms with van der Waals surface area (Å²) in [6.07, 6.45) is 4.46. The van der Waals surface area contributed by atoms with Gasteiger partial charge in [-0.3, -0.25) is 0 Å². The number of hydrogen-bond donors (Lipinski definition) is 1. The van der Waals surface area contributed by atoms with Crippen molar-refractivity contribution >= 4 is 11.6 Å². The van der Waals surface area contributed by atoms with Gasteiger partial charge in [-0.2, -0.15) is 0 Å². The first-order valence-electron chi connectivity index (χ1n) is 5.15. The van der Waals surface area contributed by atoms with E-state index in [2.05, 4.69) is 12.2 Å². The molecule has 0 aliphatic rings. The van der Waals surface area contributed by atoms with Crippen molar-refractivity contribution < 1.29 is 4.74 Å². The number of halogens is 1. The summed E-state index contributed by atoms with van der Waals surface area (Å²) in [4.78, 5) is 0. The van der Waals surface area contributed by atoms with Crippen LogP contribution in [0.1, 0.15) is 32.6 Å². The van der Waals surface area contributed by atoms with E-state index in [0.29, 0.717) is 5.38 Å². The van der Waals surface area contributed by atoms with E-state index >= 15 is 0 Å². The molecule has 0 heterocycles. The third-order valence-corrected chi connectivity index (χ3v) is 2.56. The van der Waals surface area contributed by atoms with Crippen LogP contribution in [-0.2, 0) is 4.74 Å². The molecule has 0 aromatic heterocycles. The van der Waals surface area contributed by atoms with Crippen LogP contribution in [0.4, 0.5) is 0 Å². The Hall–Kier alpha value is 0.210. The maximum atomic E-state index is 5.97. The van der Waals surface area contributed by atoms with Gasteiger partial charge in [-0.1, -0.05) is 6.92 Å². The first-order valence-corrected chi connectivity index (χ1v) is 5.58. The van der Waals surface area contributed by atoms with Crippen LogP contribution in [-0.4, -0.2) is 32.2 Å². The van der Waals surface area contributed by atoms with Crippen LogP contribution in [0.25, 0.3) is 0 Å².